The van der Waals surface area contributed by atoms with Crippen LogP contribution in [0.15, 0.2) is 36.4 Å². The van der Waals surface area contributed by atoms with Crippen molar-refractivity contribution in [3.63, 3.8) is 0 Å². The van der Waals surface area contributed by atoms with E-state index in [0.29, 0.717) is 30.0 Å². The number of hydrogen-bond donors (Lipinski definition) is 1. The molecule has 2 aromatic rings. The average Bonchev–Trinajstić information content (AvgIpc) is 2.62. The summed E-state index contributed by atoms with van der Waals surface area (Å²) in [5, 5.41) is 2.93. The number of nitrogens with one attached hydrogen (secondary N) is 1. The van der Waals surface area contributed by atoms with E-state index in [4.69, 9.17) is 14.2 Å². The molecule has 0 saturated carbocycles. The predicted octanol–water partition coefficient (Wildman–Crippen LogP) is 2.99. The Bertz CT molecular complexity index is 695. The number of methoxy groups -OCH3 is 3. The summed E-state index contributed by atoms with van der Waals surface area (Å²) in [6.45, 7) is 2.56. The number of carbonyl (C=O) groups is 1. The van der Waals surface area contributed by atoms with Crippen LogP contribution in [0.25, 0.3) is 0 Å². The standard InChI is InChI=1S/C19H23NO4/c1-13-11-17(23-3)18(24-4)12-15(13)9-10-20-19(21)14-5-7-16(22-2)8-6-14/h5-8,11-12H,9-10H2,1-4H3,(H,20,21). The molecule has 0 aliphatic rings. The average molecular weight is 329 g/mol. The number of ether oxygens (including phenoxy) is 3. The van der Waals surface area contributed by atoms with E-state index in [1.54, 1.807) is 45.6 Å². The van der Waals surface area contributed by atoms with Crippen LogP contribution in [-0.4, -0.2) is 33.8 Å². The number of hydrogen-bond acceptors (Lipinski definition) is 4. The minimum Gasteiger partial charge on any atom is -0.497 e. The Kier molecular flexibility index (Phi) is 6.07. The maximum Gasteiger partial charge on any atom is 0.251 e. The molecule has 0 bridgehead atoms. The van der Waals surface area contributed by atoms with Gasteiger partial charge in [0.1, 0.15) is 5.75 Å². The van der Waals surface area contributed by atoms with Crippen molar-refractivity contribution in [2.75, 3.05) is 27.9 Å². The zero-order chi connectivity index (χ0) is 17.5. The van der Waals surface area contributed by atoms with E-state index in [-0.39, 0.29) is 5.91 Å². The Morgan fingerprint density at radius 3 is 2.17 bits per heavy atom. The summed E-state index contributed by atoms with van der Waals surface area (Å²) in [4.78, 5) is 12.1. The molecule has 24 heavy (non-hydrogen) atoms. The van der Waals surface area contributed by atoms with Crippen LogP contribution in [0.4, 0.5) is 0 Å². The first-order valence-corrected chi connectivity index (χ1v) is 7.72. The molecule has 0 aliphatic heterocycles. The lowest BCUT2D eigenvalue weighted by Gasteiger charge is -2.13. The smallest absolute Gasteiger partial charge is 0.251 e. The summed E-state index contributed by atoms with van der Waals surface area (Å²) >= 11 is 0. The summed E-state index contributed by atoms with van der Waals surface area (Å²) < 4.78 is 15.7. The van der Waals surface area contributed by atoms with Gasteiger partial charge in [-0.15, -0.1) is 0 Å². The molecule has 5 nitrogen and oxygen atoms in total. The Labute approximate surface area is 142 Å². The second kappa shape index (κ2) is 8.24. The van der Waals surface area contributed by atoms with E-state index in [1.165, 1.54) is 0 Å². The van der Waals surface area contributed by atoms with Crippen molar-refractivity contribution < 1.29 is 19.0 Å². The van der Waals surface area contributed by atoms with Gasteiger partial charge in [0.25, 0.3) is 5.91 Å². The third kappa shape index (κ3) is 4.19. The number of amides is 1. The second-order valence-corrected chi connectivity index (χ2v) is 5.37. The van der Waals surface area contributed by atoms with Crippen LogP contribution < -0.4 is 19.5 Å². The van der Waals surface area contributed by atoms with E-state index in [0.717, 1.165) is 16.9 Å². The van der Waals surface area contributed by atoms with Crippen molar-refractivity contribution >= 4 is 5.91 Å². The number of benzene rings is 2. The van der Waals surface area contributed by atoms with E-state index >= 15 is 0 Å². The van der Waals surface area contributed by atoms with Gasteiger partial charge < -0.3 is 19.5 Å². The zero-order valence-corrected chi connectivity index (χ0v) is 14.5. The minimum absolute atomic E-state index is 0.101. The molecule has 0 spiro atoms. The van der Waals surface area contributed by atoms with Crippen LogP contribution in [0.3, 0.4) is 0 Å². The first-order chi connectivity index (χ1) is 11.6. The fourth-order valence-electron chi connectivity index (χ4n) is 2.45. The molecule has 0 atom stereocenters. The highest BCUT2D eigenvalue weighted by Crippen LogP contribution is 2.30. The molecule has 1 N–H and O–H groups in total. The molecule has 1 amide bonds. The van der Waals surface area contributed by atoms with Gasteiger partial charge in [-0.2, -0.15) is 0 Å². The lowest BCUT2D eigenvalue weighted by Crippen LogP contribution is -2.25. The van der Waals surface area contributed by atoms with E-state index in [2.05, 4.69) is 5.32 Å². The Morgan fingerprint density at radius 1 is 0.958 bits per heavy atom. The third-order valence-electron chi connectivity index (χ3n) is 3.87. The lowest BCUT2D eigenvalue weighted by molar-refractivity contribution is 0.0954. The predicted molar refractivity (Wildman–Crippen MR) is 93.3 cm³/mol. The first kappa shape index (κ1) is 17.7. The van der Waals surface area contributed by atoms with Gasteiger partial charge in [0, 0.05) is 12.1 Å². The second-order valence-electron chi connectivity index (χ2n) is 5.37. The Morgan fingerprint density at radius 2 is 1.58 bits per heavy atom. The summed E-state index contributed by atoms with van der Waals surface area (Å²) in [6.07, 6.45) is 0.716. The maximum atomic E-state index is 12.1. The number of carbonyl (C=O) groups excluding carboxylic acids is 1. The van der Waals surface area contributed by atoms with Crippen molar-refractivity contribution in [3.8, 4) is 17.2 Å². The molecule has 0 saturated heterocycles. The normalized spacial score (nSPS) is 10.2. The molecule has 5 heteroatoms. The van der Waals surface area contributed by atoms with Crippen LogP contribution in [0, 0.1) is 6.92 Å². The highest BCUT2D eigenvalue weighted by molar-refractivity contribution is 5.94. The maximum absolute atomic E-state index is 12.1. The van der Waals surface area contributed by atoms with Gasteiger partial charge in [-0.25, -0.2) is 0 Å². The fourth-order valence-corrected chi connectivity index (χ4v) is 2.45. The molecular formula is C19H23NO4. The molecule has 2 rings (SSSR count). The minimum atomic E-state index is -0.101. The van der Waals surface area contributed by atoms with Crippen LogP contribution in [-0.2, 0) is 6.42 Å². The molecule has 0 aliphatic carbocycles. The summed E-state index contributed by atoms with van der Waals surface area (Å²) in [6, 6.07) is 10.9. The Balaban J connectivity index is 1.97. The number of rotatable bonds is 7. The first-order valence-electron chi connectivity index (χ1n) is 7.72. The molecule has 0 unspecified atom stereocenters. The van der Waals surface area contributed by atoms with Gasteiger partial charge in [-0.1, -0.05) is 0 Å². The monoisotopic (exact) mass is 329 g/mol. The molecular weight excluding hydrogens is 306 g/mol. The molecule has 0 fully saturated rings. The van der Waals surface area contributed by atoms with E-state index in [9.17, 15) is 4.79 Å². The van der Waals surface area contributed by atoms with E-state index < -0.39 is 0 Å². The van der Waals surface area contributed by atoms with Crippen LogP contribution in [0.2, 0.25) is 0 Å². The van der Waals surface area contributed by atoms with Crippen LogP contribution in [0.5, 0.6) is 17.2 Å². The van der Waals surface area contributed by atoms with Gasteiger partial charge >= 0.3 is 0 Å². The van der Waals surface area contributed by atoms with Gasteiger partial charge in [-0.05, 0) is 60.9 Å². The van der Waals surface area contributed by atoms with Gasteiger partial charge in [-0.3, -0.25) is 4.79 Å². The van der Waals surface area contributed by atoms with E-state index in [1.807, 2.05) is 19.1 Å². The SMILES string of the molecule is COc1ccc(C(=O)NCCc2cc(OC)c(OC)cc2C)cc1. The quantitative estimate of drug-likeness (QED) is 0.848. The van der Waals surface area contributed by atoms with Crippen LogP contribution in [0.1, 0.15) is 21.5 Å². The molecule has 2 aromatic carbocycles. The van der Waals surface area contributed by atoms with Crippen molar-refractivity contribution in [3.05, 3.63) is 53.1 Å². The summed E-state index contributed by atoms with van der Waals surface area (Å²) in [7, 11) is 4.83. The van der Waals surface area contributed by atoms with Crippen LogP contribution >= 0.6 is 0 Å². The molecule has 0 heterocycles. The van der Waals surface area contributed by atoms with Crippen molar-refractivity contribution in [1.29, 1.82) is 0 Å². The van der Waals surface area contributed by atoms with Crippen molar-refractivity contribution in [2.45, 2.75) is 13.3 Å². The summed E-state index contributed by atoms with van der Waals surface area (Å²) in [5.41, 5.74) is 2.83. The van der Waals surface area contributed by atoms with Gasteiger partial charge in [0.15, 0.2) is 11.5 Å². The topological polar surface area (TPSA) is 56.8 Å². The molecule has 0 aromatic heterocycles. The highest BCUT2D eigenvalue weighted by Gasteiger charge is 2.10. The third-order valence-corrected chi connectivity index (χ3v) is 3.87. The lowest BCUT2D eigenvalue weighted by atomic mass is 10.0. The number of aryl methyl sites for hydroxylation is 1. The van der Waals surface area contributed by atoms with Gasteiger partial charge in [0.05, 0.1) is 21.3 Å². The molecule has 128 valence electrons. The summed E-state index contributed by atoms with van der Waals surface area (Å²) in [5.74, 6) is 2.03. The molecule has 0 radical (unpaired) electrons. The highest BCUT2D eigenvalue weighted by atomic mass is 16.5. The van der Waals surface area contributed by atoms with Gasteiger partial charge in [0.2, 0.25) is 0 Å². The van der Waals surface area contributed by atoms with Crippen molar-refractivity contribution in [2.24, 2.45) is 0 Å². The largest absolute Gasteiger partial charge is 0.497 e. The Hall–Kier alpha value is -2.69. The van der Waals surface area contributed by atoms with Crippen molar-refractivity contribution in [1.82, 2.24) is 5.32 Å². The fraction of sp³-hybridized carbons (Fsp3) is 0.316. The zero-order valence-electron chi connectivity index (χ0n) is 14.5.